The Hall–Kier alpha value is -4.43. The summed E-state index contributed by atoms with van der Waals surface area (Å²) in [6, 6.07) is 42.3. The molecule has 5 aromatic rings. The van der Waals surface area contributed by atoms with Crippen LogP contribution in [0.3, 0.4) is 0 Å². The fraction of sp³-hybridized carbons (Fsp3) is 0.0588. The second-order valence-electron chi connectivity index (χ2n) is 9.00. The van der Waals surface area contributed by atoms with E-state index in [2.05, 4.69) is 91.5 Å². The van der Waals surface area contributed by atoms with Gasteiger partial charge in [-0.1, -0.05) is 96.1 Å². The second-order valence-corrected chi connectivity index (χ2v) is 9.00. The molecular weight excluding hydrogens is 441 g/mol. The predicted octanol–water partition coefficient (Wildman–Crippen LogP) is 9.50. The number of hydrogen-bond donors (Lipinski definition) is 0. The van der Waals surface area contributed by atoms with Crippen molar-refractivity contribution >= 4 is 28.7 Å². The number of aryl methyl sites for hydroxylation is 2. The fourth-order valence-corrected chi connectivity index (χ4v) is 4.33. The average molecular weight is 470 g/mol. The van der Waals surface area contributed by atoms with E-state index in [1.807, 2.05) is 54.6 Å². The monoisotopic (exact) mass is 469 g/mol. The molecule has 0 saturated heterocycles. The van der Waals surface area contributed by atoms with Crippen molar-refractivity contribution in [1.82, 2.24) is 0 Å². The van der Waals surface area contributed by atoms with Crippen LogP contribution in [0.4, 0.5) is 21.5 Å². The van der Waals surface area contributed by atoms with Crippen LogP contribution in [0.2, 0.25) is 0 Å². The molecule has 0 aliphatic heterocycles. The Morgan fingerprint density at radius 3 is 1.44 bits per heavy atom. The smallest absolute Gasteiger partial charge is 0.132 e. The van der Waals surface area contributed by atoms with Gasteiger partial charge in [-0.05, 0) is 79.1 Å². The van der Waals surface area contributed by atoms with Gasteiger partial charge in [0, 0.05) is 22.6 Å². The number of benzene rings is 5. The van der Waals surface area contributed by atoms with Crippen LogP contribution in [0.5, 0.6) is 0 Å². The summed E-state index contributed by atoms with van der Waals surface area (Å²) in [5.41, 5.74) is 8.75. The number of hydrogen-bond acceptors (Lipinski definition) is 1. The van der Waals surface area contributed by atoms with Crippen LogP contribution in [0.15, 0.2) is 127 Å². The summed E-state index contributed by atoms with van der Waals surface area (Å²) in [6.45, 7) is 4.13. The molecule has 0 saturated carbocycles. The molecule has 0 amide bonds. The molecule has 176 valence electrons. The molecule has 5 aromatic carbocycles. The van der Waals surface area contributed by atoms with Crippen molar-refractivity contribution in [2.24, 2.45) is 0 Å². The summed E-state index contributed by atoms with van der Waals surface area (Å²) in [6.07, 6.45) is 1.94. The number of nitrogens with zero attached hydrogens (tertiary/aromatic N) is 1. The van der Waals surface area contributed by atoms with E-state index in [0.717, 1.165) is 33.8 Å². The highest BCUT2D eigenvalue weighted by molar-refractivity contribution is 5.91. The Labute approximate surface area is 212 Å². The van der Waals surface area contributed by atoms with Crippen LogP contribution in [0.25, 0.3) is 11.6 Å². The molecule has 0 atom stereocenters. The van der Waals surface area contributed by atoms with Crippen molar-refractivity contribution in [3.8, 4) is 0 Å². The Morgan fingerprint density at radius 2 is 1.00 bits per heavy atom. The first-order valence-corrected chi connectivity index (χ1v) is 12.1. The van der Waals surface area contributed by atoms with E-state index in [1.54, 1.807) is 6.07 Å². The molecule has 0 N–H and O–H groups in total. The molecule has 0 aliphatic rings. The highest BCUT2D eigenvalue weighted by Crippen LogP contribution is 2.36. The van der Waals surface area contributed by atoms with E-state index in [9.17, 15) is 0 Å². The summed E-state index contributed by atoms with van der Waals surface area (Å²) < 4.78 is 15.7. The van der Waals surface area contributed by atoms with Crippen molar-refractivity contribution in [2.45, 2.75) is 13.8 Å². The Balaban J connectivity index is 1.59. The van der Waals surface area contributed by atoms with Gasteiger partial charge in [0.2, 0.25) is 0 Å². The van der Waals surface area contributed by atoms with Gasteiger partial charge in [-0.15, -0.1) is 0 Å². The van der Waals surface area contributed by atoms with E-state index < -0.39 is 0 Å². The Kier molecular flexibility index (Phi) is 6.77. The van der Waals surface area contributed by atoms with Crippen LogP contribution in [-0.2, 0) is 0 Å². The van der Waals surface area contributed by atoms with Gasteiger partial charge >= 0.3 is 0 Å². The summed E-state index contributed by atoms with van der Waals surface area (Å²) in [5, 5.41) is 0. The SMILES string of the molecule is Cc1ccc(N(c2ccc(C)cc2)c2ccc(C=C(c3ccccc3)c3ccccc3)c(F)c2)cc1. The van der Waals surface area contributed by atoms with E-state index in [1.165, 1.54) is 11.1 Å². The van der Waals surface area contributed by atoms with Crippen molar-refractivity contribution < 1.29 is 4.39 Å². The lowest BCUT2D eigenvalue weighted by Crippen LogP contribution is -2.10. The summed E-state index contributed by atoms with van der Waals surface area (Å²) in [4.78, 5) is 2.09. The normalized spacial score (nSPS) is 10.6. The average Bonchev–Trinajstić information content (AvgIpc) is 2.91. The highest BCUT2D eigenvalue weighted by Gasteiger charge is 2.15. The molecular formula is C34H28FN. The van der Waals surface area contributed by atoms with Crippen molar-refractivity contribution in [3.05, 3.63) is 161 Å². The Bertz CT molecular complexity index is 1380. The number of rotatable bonds is 6. The fourth-order valence-electron chi connectivity index (χ4n) is 4.33. The van der Waals surface area contributed by atoms with Gasteiger partial charge in [-0.25, -0.2) is 4.39 Å². The van der Waals surface area contributed by atoms with Gasteiger partial charge in [0.25, 0.3) is 0 Å². The van der Waals surface area contributed by atoms with Gasteiger partial charge in [-0.3, -0.25) is 0 Å². The zero-order valence-electron chi connectivity index (χ0n) is 20.5. The first kappa shape index (κ1) is 23.3. The standard InChI is InChI=1S/C34H28FN/c1-25-13-18-30(19-14-25)36(31-20-15-26(2)16-21-31)32-22-17-29(34(35)24-32)23-33(27-9-5-3-6-10-27)28-11-7-4-8-12-28/h3-24H,1-2H3. The second kappa shape index (κ2) is 10.5. The van der Waals surface area contributed by atoms with Crippen LogP contribution >= 0.6 is 0 Å². The number of anilines is 3. The lowest BCUT2D eigenvalue weighted by Gasteiger charge is -2.26. The van der Waals surface area contributed by atoms with E-state index in [-0.39, 0.29) is 5.82 Å². The predicted molar refractivity (Wildman–Crippen MR) is 150 cm³/mol. The Morgan fingerprint density at radius 1 is 0.556 bits per heavy atom. The van der Waals surface area contributed by atoms with Gasteiger partial charge in [0.1, 0.15) is 5.82 Å². The molecule has 2 heteroatoms. The third-order valence-electron chi connectivity index (χ3n) is 6.30. The maximum atomic E-state index is 15.7. The minimum Gasteiger partial charge on any atom is -0.310 e. The zero-order valence-corrected chi connectivity index (χ0v) is 20.5. The van der Waals surface area contributed by atoms with Gasteiger partial charge in [0.15, 0.2) is 0 Å². The molecule has 0 aromatic heterocycles. The molecule has 0 heterocycles. The quantitative estimate of drug-likeness (QED) is 0.224. The molecule has 0 fully saturated rings. The molecule has 0 aliphatic carbocycles. The molecule has 0 radical (unpaired) electrons. The molecule has 0 spiro atoms. The van der Waals surface area contributed by atoms with E-state index in [4.69, 9.17) is 0 Å². The van der Waals surface area contributed by atoms with Crippen LogP contribution < -0.4 is 4.90 Å². The zero-order chi connectivity index (χ0) is 24.9. The summed E-state index contributed by atoms with van der Waals surface area (Å²) in [7, 11) is 0. The van der Waals surface area contributed by atoms with Gasteiger partial charge in [-0.2, -0.15) is 0 Å². The minimum absolute atomic E-state index is 0.263. The third kappa shape index (κ3) is 5.13. The van der Waals surface area contributed by atoms with E-state index >= 15 is 4.39 Å². The number of halogens is 1. The lowest BCUT2D eigenvalue weighted by atomic mass is 9.95. The van der Waals surface area contributed by atoms with Gasteiger partial charge < -0.3 is 4.90 Å². The molecule has 5 rings (SSSR count). The minimum atomic E-state index is -0.263. The third-order valence-corrected chi connectivity index (χ3v) is 6.30. The highest BCUT2D eigenvalue weighted by atomic mass is 19.1. The van der Waals surface area contributed by atoms with Crippen molar-refractivity contribution in [2.75, 3.05) is 4.90 Å². The van der Waals surface area contributed by atoms with E-state index in [0.29, 0.717) is 5.56 Å². The molecule has 0 unspecified atom stereocenters. The largest absolute Gasteiger partial charge is 0.310 e. The molecule has 36 heavy (non-hydrogen) atoms. The van der Waals surface area contributed by atoms with Crippen molar-refractivity contribution in [1.29, 1.82) is 0 Å². The van der Waals surface area contributed by atoms with Crippen LogP contribution in [0.1, 0.15) is 27.8 Å². The molecule has 1 nitrogen and oxygen atoms in total. The maximum absolute atomic E-state index is 15.7. The summed E-state index contributed by atoms with van der Waals surface area (Å²) in [5.74, 6) is -0.263. The van der Waals surface area contributed by atoms with Crippen molar-refractivity contribution in [3.63, 3.8) is 0 Å². The first-order chi connectivity index (χ1) is 17.6. The summed E-state index contributed by atoms with van der Waals surface area (Å²) >= 11 is 0. The first-order valence-electron chi connectivity index (χ1n) is 12.1. The van der Waals surface area contributed by atoms with Gasteiger partial charge in [0.05, 0.1) is 0 Å². The topological polar surface area (TPSA) is 3.24 Å². The van der Waals surface area contributed by atoms with Crippen LogP contribution in [0, 0.1) is 19.7 Å². The van der Waals surface area contributed by atoms with Crippen LogP contribution in [-0.4, -0.2) is 0 Å². The molecule has 0 bridgehead atoms. The lowest BCUT2D eigenvalue weighted by molar-refractivity contribution is 0.625. The maximum Gasteiger partial charge on any atom is 0.132 e.